The minimum atomic E-state index is -4.89. The highest BCUT2D eigenvalue weighted by Gasteiger charge is 2.82. The number of morpholine rings is 1. The zero-order valence-electron chi connectivity index (χ0n) is 17.9. The molecule has 2 aromatic rings. The molecule has 184 valence electrons. The molecule has 0 radical (unpaired) electrons. The number of alkyl halides is 3. The number of amides is 3. The lowest BCUT2D eigenvalue weighted by Crippen LogP contribution is -2.50. The molecular formula is C23H17Cl2F3N2O5. The molecule has 0 aromatic heterocycles. The predicted octanol–water partition coefficient (Wildman–Crippen LogP) is 3.81. The molecule has 2 unspecified atom stereocenters. The fraction of sp³-hybridized carbons (Fsp3) is 0.348. The number of piperidine rings is 1. The fourth-order valence-corrected chi connectivity index (χ4v) is 5.60. The van der Waals surface area contributed by atoms with E-state index in [1.807, 2.05) is 0 Å². The van der Waals surface area contributed by atoms with Crippen molar-refractivity contribution < 1.29 is 37.0 Å². The molecule has 2 aliphatic heterocycles. The third-order valence-corrected chi connectivity index (χ3v) is 6.94. The Morgan fingerprint density at radius 3 is 2.03 bits per heavy atom. The summed E-state index contributed by atoms with van der Waals surface area (Å²) in [5.41, 5.74) is -1.07. The van der Waals surface area contributed by atoms with E-state index in [1.165, 1.54) is 35.2 Å². The van der Waals surface area contributed by atoms with Gasteiger partial charge in [0.25, 0.3) is 0 Å². The molecule has 0 bridgehead atoms. The zero-order chi connectivity index (χ0) is 25.1. The van der Waals surface area contributed by atoms with E-state index in [1.54, 1.807) is 0 Å². The van der Waals surface area contributed by atoms with Crippen molar-refractivity contribution in [2.24, 2.45) is 11.8 Å². The van der Waals surface area contributed by atoms with E-state index in [-0.39, 0.29) is 34.4 Å². The standard InChI is InChI=1S/C23H17Cl2F3N2O5/c24-13-9-14(25)11-15(10-13)30-19(31)17-18(20(30)32)22(17,21(33)29-5-7-34-8-6-29)12-1-3-16(4-2-12)35-23(26,27)28/h1-4,9-11,17-18H,5-8H2/t17-,18?,22?/m0/s1. The van der Waals surface area contributed by atoms with Crippen molar-refractivity contribution in [1.29, 1.82) is 0 Å². The Labute approximate surface area is 207 Å². The molecule has 3 fully saturated rings. The number of ether oxygens (including phenoxy) is 2. The highest BCUT2D eigenvalue weighted by atomic mass is 35.5. The van der Waals surface area contributed by atoms with Crippen molar-refractivity contribution in [3.05, 3.63) is 58.1 Å². The Morgan fingerprint density at radius 1 is 0.971 bits per heavy atom. The maximum atomic E-state index is 13.7. The monoisotopic (exact) mass is 528 g/mol. The number of halogens is 5. The molecule has 1 aliphatic carbocycles. The number of hydrogen-bond acceptors (Lipinski definition) is 5. The van der Waals surface area contributed by atoms with Crippen LogP contribution >= 0.6 is 23.2 Å². The number of anilines is 1. The van der Waals surface area contributed by atoms with Crippen molar-refractivity contribution in [3.63, 3.8) is 0 Å². The number of benzene rings is 2. The molecule has 12 heteroatoms. The number of fused-ring (bicyclic) bond motifs is 1. The third kappa shape index (κ3) is 3.93. The number of carbonyl (C=O) groups excluding carboxylic acids is 3. The summed E-state index contributed by atoms with van der Waals surface area (Å²) in [6.07, 6.45) is -4.89. The smallest absolute Gasteiger partial charge is 0.406 e. The van der Waals surface area contributed by atoms with E-state index < -0.39 is 47.1 Å². The van der Waals surface area contributed by atoms with Crippen LogP contribution in [0, 0.1) is 11.8 Å². The Morgan fingerprint density at radius 2 is 1.51 bits per heavy atom. The lowest BCUT2D eigenvalue weighted by Gasteiger charge is -2.33. The summed E-state index contributed by atoms with van der Waals surface area (Å²) in [5, 5.41) is 0.453. The van der Waals surface area contributed by atoms with E-state index in [2.05, 4.69) is 4.74 Å². The molecule has 2 aromatic carbocycles. The molecule has 0 N–H and O–H groups in total. The summed E-state index contributed by atoms with van der Waals surface area (Å²) in [6, 6.07) is 9.00. The van der Waals surface area contributed by atoms with Gasteiger partial charge in [-0.2, -0.15) is 0 Å². The Balaban J connectivity index is 1.53. The molecule has 0 spiro atoms. The largest absolute Gasteiger partial charge is 0.573 e. The summed E-state index contributed by atoms with van der Waals surface area (Å²) in [6.45, 7) is 1.13. The summed E-state index contributed by atoms with van der Waals surface area (Å²) in [7, 11) is 0. The molecule has 2 saturated heterocycles. The lowest BCUT2D eigenvalue weighted by molar-refractivity contribution is -0.274. The lowest BCUT2D eigenvalue weighted by atomic mass is 9.87. The number of hydrogen-bond donors (Lipinski definition) is 0. The molecule has 3 amide bonds. The Kier molecular flexibility index (Phi) is 5.73. The summed E-state index contributed by atoms with van der Waals surface area (Å²) in [5.74, 6) is -4.15. The SMILES string of the molecule is O=C1C2[C@@H](C(=O)N1c1cc(Cl)cc(Cl)c1)C2(C(=O)N1CCOCC1)c1ccc(OC(F)(F)F)cc1. The van der Waals surface area contributed by atoms with Gasteiger partial charge in [-0.15, -0.1) is 13.2 Å². The van der Waals surface area contributed by atoms with Crippen LogP contribution in [0.2, 0.25) is 10.0 Å². The van der Waals surface area contributed by atoms with Gasteiger partial charge in [-0.05, 0) is 35.9 Å². The van der Waals surface area contributed by atoms with Gasteiger partial charge in [0, 0.05) is 23.1 Å². The van der Waals surface area contributed by atoms with Crippen molar-refractivity contribution in [1.82, 2.24) is 4.90 Å². The zero-order valence-corrected chi connectivity index (χ0v) is 19.4. The molecule has 2 heterocycles. The van der Waals surface area contributed by atoms with Crippen LogP contribution in [0.3, 0.4) is 0 Å². The van der Waals surface area contributed by atoms with Gasteiger partial charge in [-0.25, -0.2) is 4.90 Å². The van der Waals surface area contributed by atoms with Gasteiger partial charge in [0.05, 0.1) is 36.2 Å². The second-order valence-corrected chi connectivity index (χ2v) is 9.31. The number of nitrogens with zero attached hydrogens (tertiary/aromatic N) is 2. The van der Waals surface area contributed by atoms with Gasteiger partial charge in [0.15, 0.2) is 0 Å². The topological polar surface area (TPSA) is 76.2 Å². The van der Waals surface area contributed by atoms with Crippen molar-refractivity contribution >= 4 is 46.6 Å². The number of carbonyl (C=O) groups is 3. The molecule has 5 rings (SSSR count). The van der Waals surface area contributed by atoms with Crippen molar-refractivity contribution in [3.8, 4) is 5.75 Å². The highest BCUT2D eigenvalue weighted by molar-refractivity contribution is 6.36. The van der Waals surface area contributed by atoms with Gasteiger partial charge >= 0.3 is 6.36 Å². The summed E-state index contributed by atoms with van der Waals surface area (Å²) < 4.78 is 47.0. The van der Waals surface area contributed by atoms with E-state index in [0.717, 1.165) is 17.0 Å². The van der Waals surface area contributed by atoms with E-state index in [4.69, 9.17) is 27.9 Å². The second-order valence-electron chi connectivity index (χ2n) is 8.44. The number of rotatable bonds is 4. The van der Waals surface area contributed by atoms with Crippen LogP contribution in [-0.2, 0) is 24.5 Å². The highest BCUT2D eigenvalue weighted by Crippen LogP contribution is 2.66. The van der Waals surface area contributed by atoms with Crippen molar-refractivity contribution in [2.45, 2.75) is 11.8 Å². The van der Waals surface area contributed by atoms with Crippen LogP contribution in [0.25, 0.3) is 0 Å². The quantitative estimate of drug-likeness (QED) is 0.564. The van der Waals surface area contributed by atoms with Crippen LogP contribution in [0.1, 0.15) is 5.56 Å². The number of imide groups is 1. The third-order valence-electron chi connectivity index (χ3n) is 6.50. The van der Waals surface area contributed by atoms with E-state index in [0.29, 0.717) is 13.2 Å². The first-order chi connectivity index (χ1) is 16.5. The van der Waals surface area contributed by atoms with E-state index >= 15 is 0 Å². The van der Waals surface area contributed by atoms with Gasteiger partial charge in [0.2, 0.25) is 17.7 Å². The molecule has 1 saturated carbocycles. The van der Waals surface area contributed by atoms with Crippen molar-refractivity contribution in [2.75, 3.05) is 31.2 Å². The van der Waals surface area contributed by atoms with Crippen LogP contribution in [-0.4, -0.2) is 55.3 Å². The Bertz CT molecular complexity index is 1170. The maximum Gasteiger partial charge on any atom is 0.573 e. The summed E-state index contributed by atoms with van der Waals surface area (Å²) >= 11 is 12.1. The van der Waals surface area contributed by atoms with Gasteiger partial charge in [-0.1, -0.05) is 35.3 Å². The molecule has 3 atom stereocenters. The Hall–Kier alpha value is -2.82. The molecule has 35 heavy (non-hydrogen) atoms. The van der Waals surface area contributed by atoms with Gasteiger partial charge in [0.1, 0.15) is 5.75 Å². The van der Waals surface area contributed by atoms with Crippen LogP contribution < -0.4 is 9.64 Å². The first-order valence-corrected chi connectivity index (χ1v) is 11.4. The molecule has 7 nitrogen and oxygen atoms in total. The van der Waals surface area contributed by atoms with Gasteiger partial charge < -0.3 is 14.4 Å². The average Bonchev–Trinajstić information content (AvgIpc) is 3.41. The maximum absolute atomic E-state index is 13.7. The average molecular weight is 529 g/mol. The first-order valence-electron chi connectivity index (χ1n) is 10.6. The fourth-order valence-electron chi connectivity index (χ4n) is 5.08. The van der Waals surface area contributed by atoms with Gasteiger partial charge in [-0.3, -0.25) is 14.4 Å². The minimum Gasteiger partial charge on any atom is -0.406 e. The first kappa shape index (κ1) is 23.9. The minimum absolute atomic E-state index is 0.186. The van der Waals surface area contributed by atoms with Crippen LogP contribution in [0.5, 0.6) is 5.75 Å². The van der Waals surface area contributed by atoms with E-state index in [9.17, 15) is 27.6 Å². The molecule has 3 aliphatic rings. The van der Waals surface area contributed by atoms with Crippen LogP contribution in [0.4, 0.5) is 18.9 Å². The predicted molar refractivity (Wildman–Crippen MR) is 118 cm³/mol. The second kappa shape index (κ2) is 8.39. The summed E-state index contributed by atoms with van der Waals surface area (Å²) in [4.78, 5) is 43.1. The normalized spacial score (nSPS) is 26.1. The van der Waals surface area contributed by atoms with Crippen LogP contribution in [0.15, 0.2) is 42.5 Å². The molecular weight excluding hydrogens is 512 g/mol.